The Kier molecular flexibility index (Phi) is 7.75. The van der Waals surface area contributed by atoms with Crippen molar-refractivity contribution in [3.05, 3.63) is 206 Å². The average molecular weight is 653 g/mol. The maximum Gasteiger partial charge on any atom is 0.0541 e. The first kappa shape index (κ1) is 30.4. The third-order valence-electron chi connectivity index (χ3n) is 9.86. The third-order valence-corrected chi connectivity index (χ3v) is 9.86. The normalized spacial score (nSPS) is 11.2. The van der Waals surface area contributed by atoms with E-state index in [1.54, 1.807) is 0 Å². The van der Waals surface area contributed by atoms with Crippen molar-refractivity contribution in [2.75, 3.05) is 4.90 Å². The molecule has 0 amide bonds. The summed E-state index contributed by atoms with van der Waals surface area (Å²) < 4.78 is 2.38. The second-order valence-corrected chi connectivity index (χ2v) is 13.1. The number of rotatable bonds is 7. The number of hydrogen-bond donors (Lipinski definition) is 0. The van der Waals surface area contributed by atoms with E-state index in [0.29, 0.717) is 0 Å². The zero-order chi connectivity index (χ0) is 34.1. The van der Waals surface area contributed by atoms with E-state index in [-0.39, 0.29) is 0 Å². The van der Waals surface area contributed by atoms with Crippen LogP contribution in [-0.2, 0) is 0 Å². The Labute approximate surface area is 299 Å². The fourth-order valence-corrected chi connectivity index (χ4v) is 7.28. The van der Waals surface area contributed by atoms with E-state index >= 15 is 0 Å². The van der Waals surface area contributed by atoms with Crippen molar-refractivity contribution < 1.29 is 0 Å². The van der Waals surface area contributed by atoms with Gasteiger partial charge in [0.15, 0.2) is 0 Å². The number of hydrogen-bond acceptors (Lipinski definition) is 1. The van der Waals surface area contributed by atoms with E-state index < -0.39 is 0 Å². The van der Waals surface area contributed by atoms with Crippen LogP contribution < -0.4 is 4.90 Å². The molecule has 0 unspecified atom stereocenters. The molecule has 1 aromatic heterocycles. The Morgan fingerprint density at radius 1 is 0.333 bits per heavy atom. The number of benzene rings is 8. The predicted molar refractivity (Wildman–Crippen MR) is 217 cm³/mol. The predicted octanol–water partition coefficient (Wildman–Crippen LogP) is 13.6. The first-order valence-electron chi connectivity index (χ1n) is 17.5. The zero-order valence-electron chi connectivity index (χ0n) is 28.4. The second-order valence-electron chi connectivity index (χ2n) is 13.1. The molecule has 9 rings (SSSR count). The number of para-hydroxylation sites is 2. The highest BCUT2D eigenvalue weighted by molar-refractivity contribution is 6.09. The van der Waals surface area contributed by atoms with E-state index in [9.17, 15) is 0 Å². The topological polar surface area (TPSA) is 8.17 Å². The van der Waals surface area contributed by atoms with Crippen LogP contribution in [0.15, 0.2) is 200 Å². The molecule has 2 heteroatoms. The van der Waals surface area contributed by atoms with Crippen LogP contribution in [-0.4, -0.2) is 4.57 Å². The summed E-state index contributed by atoms with van der Waals surface area (Å²) in [6.45, 7) is 2.13. The molecule has 2 nitrogen and oxygen atoms in total. The molecule has 0 spiro atoms. The van der Waals surface area contributed by atoms with Crippen LogP contribution in [0.25, 0.3) is 60.9 Å². The first-order chi connectivity index (χ1) is 25.2. The molecule has 0 aliphatic heterocycles. The van der Waals surface area contributed by atoms with Gasteiger partial charge in [0.1, 0.15) is 0 Å². The minimum Gasteiger partial charge on any atom is -0.311 e. The number of nitrogens with zero attached hydrogens (tertiary/aromatic N) is 2. The quantitative estimate of drug-likeness (QED) is 0.166. The van der Waals surface area contributed by atoms with Crippen LogP contribution >= 0.6 is 0 Å². The fourth-order valence-electron chi connectivity index (χ4n) is 7.28. The van der Waals surface area contributed by atoms with Gasteiger partial charge in [-0.3, -0.25) is 0 Å². The molecular formula is C49H36N2. The van der Waals surface area contributed by atoms with Crippen molar-refractivity contribution in [2.24, 2.45) is 0 Å². The highest BCUT2D eigenvalue weighted by Crippen LogP contribution is 2.38. The van der Waals surface area contributed by atoms with Gasteiger partial charge in [0.05, 0.1) is 11.0 Å². The molecule has 0 atom stereocenters. The summed E-state index contributed by atoms with van der Waals surface area (Å²) in [6.07, 6.45) is 0. The lowest BCUT2D eigenvalue weighted by molar-refractivity contribution is 1.18. The van der Waals surface area contributed by atoms with Crippen molar-refractivity contribution in [2.45, 2.75) is 6.92 Å². The van der Waals surface area contributed by atoms with E-state index in [1.165, 1.54) is 60.8 Å². The van der Waals surface area contributed by atoms with Crippen molar-refractivity contribution in [3.8, 4) is 39.1 Å². The molecule has 1 heterocycles. The van der Waals surface area contributed by atoms with Gasteiger partial charge in [0, 0.05) is 33.5 Å². The van der Waals surface area contributed by atoms with Gasteiger partial charge in [-0.25, -0.2) is 0 Å². The van der Waals surface area contributed by atoms with Gasteiger partial charge in [0.25, 0.3) is 0 Å². The minimum absolute atomic E-state index is 1.12. The van der Waals surface area contributed by atoms with E-state index in [1.807, 2.05) is 0 Å². The molecule has 8 aromatic carbocycles. The third kappa shape index (κ3) is 5.77. The van der Waals surface area contributed by atoms with Crippen LogP contribution in [0.3, 0.4) is 0 Å². The Hall–Kier alpha value is -6.64. The van der Waals surface area contributed by atoms with E-state index in [0.717, 1.165) is 22.7 Å². The molecule has 0 aliphatic rings. The number of aromatic nitrogens is 1. The van der Waals surface area contributed by atoms with Gasteiger partial charge in [0.2, 0.25) is 0 Å². The van der Waals surface area contributed by atoms with Gasteiger partial charge >= 0.3 is 0 Å². The Morgan fingerprint density at radius 2 is 0.745 bits per heavy atom. The molecule has 0 fully saturated rings. The first-order valence-corrected chi connectivity index (χ1v) is 17.5. The van der Waals surface area contributed by atoms with Gasteiger partial charge in [-0.15, -0.1) is 0 Å². The van der Waals surface area contributed by atoms with Crippen LogP contribution in [0.4, 0.5) is 17.1 Å². The minimum atomic E-state index is 1.12. The Balaban J connectivity index is 1.05. The largest absolute Gasteiger partial charge is 0.311 e. The van der Waals surface area contributed by atoms with E-state index in [4.69, 9.17) is 0 Å². The highest BCUT2D eigenvalue weighted by atomic mass is 15.1. The lowest BCUT2D eigenvalue weighted by Gasteiger charge is -2.26. The van der Waals surface area contributed by atoms with Crippen molar-refractivity contribution in [1.82, 2.24) is 4.57 Å². The van der Waals surface area contributed by atoms with Crippen molar-refractivity contribution in [3.63, 3.8) is 0 Å². The average Bonchev–Trinajstić information content (AvgIpc) is 3.54. The zero-order valence-corrected chi connectivity index (χ0v) is 28.4. The van der Waals surface area contributed by atoms with Crippen LogP contribution in [0.5, 0.6) is 0 Å². The SMILES string of the molecule is Cc1ccc(N(c2ccc(-c3ccccc3)cc2)c2ccc(-c3cccc(-c4cccc(-n5c6ccccc6c6ccccc65)c4)c3)cc2)cc1. The Bertz CT molecular complexity index is 2560. The summed E-state index contributed by atoms with van der Waals surface area (Å²) in [6, 6.07) is 72.2. The monoisotopic (exact) mass is 652 g/mol. The number of anilines is 3. The molecule has 0 saturated carbocycles. The summed E-state index contributed by atoms with van der Waals surface area (Å²) in [5, 5.41) is 2.54. The maximum atomic E-state index is 2.38. The Morgan fingerprint density at radius 3 is 1.33 bits per heavy atom. The molecule has 0 saturated heterocycles. The van der Waals surface area contributed by atoms with Gasteiger partial charge < -0.3 is 9.47 Å². The smallest absolute Gasteiger partial charge is 0.0541 e. The molecule has 0 aliphatic carbocycles. The van der Waals surface area contributed by atoms with Crippen molar-refractivity contribution >= 4 is 38.9 Å². The highest BCUT2D eigenvalue weighted by Gasteiger charge is 2.15. The summed E-state index contributed by atoms with van der Waals surface area (Å²) >= 11 is 0. The molecule has 9 aromatic rings. The van der Waals surface area contributed by atoms with Crippen LogP contribution in [0, 0.1) is 6.92 Å². The lowest BCUT2D eigenvalue weighted by Crippen LogP contribution is -2.09. The van der Waals surface area contributed by atoms with Crippen LogP contribution in [0.2, 0.25) is 0 Å². The molecule has 51 heavy (non-hydrogen) atoms. The standard InChI is InChI=1S/C49H36N2/c1-35-21-27-42(28-22-35)50(43-29-23-37(24-30-43)36-11-3-2-4-12-36)44-31-25-38(26-32-44)39-13-9-14-40(33-39)41-15-10-16-45(34-41)51-48-19-7-5-17-46(48)47-18-6-8-20-49(47)51/h2-34H,1H3. The van der Waals surface area contributed by atoms with Gasteiger partial charge in [-0.2, -0.15) is 0 Å². The van der Waals surface area contributed by atoms with Crippen LogP contribution in [0.1, 0.15) is 5.56 Å². The summed E-state index contributed by atoms with van der Waals surface area (Å²) in [4.78, 5) is 2.33. The van der Waals surface area contributed by atoms with E-state index in [2.05, 4.69) is 217 Å². The molecule has 242 valence electrons. The number of fused-ring (bicyclic) bond motifs is 3. The second kappa shape index (κ2) is 13.0. The summed E-state index contributed by atoms with van der Waals surface area (Å²) in [5.41, 5.74) is 15.4. The molecule has 0 radical (unpaired) electrons. The number of aryl methyl sites for hydroxylation is 1. The van der Waals surface area contributed by atoms with Gasteiger partial charge in [-0.1, -0.05) is 139 Å². The summed E-state index contributed by atoms with van der Waals surface area (Å²) in [7, 11) is 0. The van der Waals surface area contributed by atoms with Crippen molar-refractivity contribution in [1.29, 1.82) is 0 Å². The van der Waals surface area contributed by atoms with Gasteiger partial charge in [-0.05, 0) is 107 Å². The molecular weight excluding hydrogens is 617 g/mol. The molecule has 0 bridgehead atoms. The maximum absolute atomic E-state index is 2.38. The summed E-state index contributed by atoms with van der Waals surface area (Å²) in [5.74, 6) is 0. The fraction of sp³-hybridized carbons (Fsp3) is 0.0204. The lowest BCUT2D eigenvalue weighted by atomic mass is 9.98. The molecule has 0 N–H and O–H groups in total.